The number of nitrogens with zero attached hydrogens (tertiary/aromatic N) is 7. The second-order valence-electron chi connectivity index (χ2n) is 6.60. The van der Waals surface area contributed by atoms with Crippen molar-refractivity contribution in [3.05, 3.63) is 17.5 Å². The van der Waals surface area contributed by atoms with E-state index >= 15 is 0 Å². The van der Waals surface area contributed by atoms with Crippen molar-refractivity contribution in [2.24, 2.45) is 0 Å². The Bertz CT molecular complexity index is 861. The van der Waals surface area contributed by atoms with E-state index in [0.29, 0.717) is 5.82 Å². The van der Waals surface area contributed by atoms with E-state index in [1.807, 2.05) is 4.52 Å². The summed E-state index contributed by atoms with van der Waals surface area (Å²) in [4.78, 5) is 7.20. The van der Waals surface area contributed by atoms with Crippen molar-refractivity contribution in [3.8, 4) is 11.4 Å². The number of hydrogen-bond acceptors (Lipinski definition) is 6. The number of H-pyrrole nitrogens is 1. The van der Waals surface area contributed by atoms with Gasteiger partial charge in [-0.15, -0.1) is 10.2 Å². The number of rotatable bonds is 3. The highest BCUT2D eigenvalue weighted by Gasteiger charge is 2.35. The minimum Gasteiger partial charge on any atom is -0.351 e. The van der Waals surface area contributed by atoms with Crippen LogP contribution in [0.1, 0.15) is 38.4 Å². The standard InChI is InChI=1S/C15H20N8/c1-5-15(3,4)22-7-6-10-9(2)17-13-11(12-18-20-21-19-12)8-16-23(13)14(10)22/h8H,5-7H2,1-4H3,(H,18,19,20,21). The Labute approximate surface area is 133 Å². The fourth-order valence-corrected chi connectivity index (χ4v) is 3.23. The first kappa shape index (κ1) is 14.1. The van der Waals surface area contributed by atoms with Gasteiger partial charge in [-0.05, 0) is 38.8 Å². The molecule has 0 saturated carbocycles. The Morgan fingerprint density at radius 2 is 2.17 bits per heavy atom. The normalized spacial score (nSPS) is 14.7. The number of anilines is 1. The van der Waals surface area contributed by atoms with Crippen LogP contribution in [-0.4, -0.2) is 47.3 Å². The third kappa shape index (κ3) is 1.94. The molecule has 1 aliphatic rings. The van der Waals surface area contributed by atoms with Gasteiger partial charge in [0.25, 0.3) is 0 Å². The van der Waals surface area contributed by atoms with Gasteiger partial charge >= 0.3 is 0 Å². The predicted octanol–water partition coefficient (Wildman–Crippen LogP) is 1.77. The van der Waals surface area contributed by atoms with Crippen LogP contribution < -0.4 is 4.90 Å². The van der Waals surface area contributed by atoms with Crippen LogP contribution >= 0.6 is 0 Å². The topological polar surface area (TPSA) is 87.9 Å². The molecule has 0 spiro atoms. The number of aromatic amines is 1. The molecule has 0 aliphatic carbocycles. The first-order valence-corrected chi connectivity index (χ1v) is 7.91. The molecular weight excluding hydrogens is 292 g/mol. The molecule has 0 atom stereocenters. The summed E-state index contributed by atoms with van der Waals surface area (Å²) in [6.07, 6.45) is 3.83. The lowest BCUT2D eigenvalue weighted by atomic mass is 10.00. The van der Waals surface area contributed by atoms with Crippen LogP contribution in [0.4, 0.5) is 5.82 Å². The maximum atomic E-state index is 4.76. The van der Waals surface area contributed by atoms with Crippen LogP contribution in [0, 0.1) is 6.92 Å². The second-order valence-corrected chi connectivity index (χ2v) is 6.60. The molecule has 4 heterocycles. The molecule has 0 radical (unpaired) electrons. The van der Waals surface area contributed by atoms with Gasteiger partial charge in [-0.2, -0.15) is 14.8 Å². The van der Waals surface area contributed by atoms with Crippen LogP contribution in [0.5, 0.6) is 0 Å². The quantitative estimate of drug-likeness (QED) is 0.793. The average molecular weight is 312 g/mol. The first-order chi connectivity index (χ1) is 11.0. The maximum Gasteiger partial charge on any atom is 0.210 e. The summed E-state index contributed by atoms with van der Waals surface area (Å²) in [6.45, 7) is 9.82. The molecule has 1 N–H and O–H groups in total. The summed E-state index contributed by atoms with van der Waals surface area (Å²) in [5.41, 5.74) is 3.98. The van der Waals surface area contributed by atoms with E-state index in [4.69, 9.17) is 4.98 Å². The molecule has 120 valence electrons. The molecule has 1 aliphatic heterocycles. The van der Waals surface area contributed by atoms with Crippen LogP contribution in [-0.2, 0) is 6.42 Å². The number of aryl methyl sites for hydroxylation is 1. The van der Waals surface area contributed by atoms with Gasteiger partial charge in [0, 0.05) is 23.3 Å². The van der Waals surface area contributed by atoms with Crippen molar-refractivity contribution in [1.82, 2.24) is 35.2 Å². The van der Waals surface area contributed by atoms with E-state index in [1.165, 1.54) is 5.56 Å². The molecular formula is C15H20N8. The van der Waals surface area contributed by atoms with Gasteiger partial charge in [-0.3, -0.25) is 0 Å². The first-order valence-electron chi connectivity index (χ1n) is 7.91. The van der Waals surface area contributed by atoms with Crippen molar-refractivity contribution >= 4 is 11.5 Å². The smallest absolute Gasteiger partial charge is 0.210 e. The monoisotopic (exact) mass is 312 g/mol. The molecule has 0 saturated heterocycles. The minimum absolute atomic E-state index is 0.0736. The van der Waals surface area contributed by atoms with Gasteiger partial charge < -0.3 is 4.90 Å². The predicted molar refractivity (Wildman–Crippen MR) is 86.3 cm³/mol. The zero-order valence-corrected chi connectivity index (χ0v) is 13.8. The highest BCUT2D eigenvalue weighted by Crippen LogP contribution is 2.37. The third-order valence-corrected chi connectivity index (χ3v) is 4.95. The fourth-order valence-electron chi connectivity index (χ4n) is 3.23. The highest BCUT2D eigenvalue weighted by molar-refractivity contribution is 5.75. The number of tetrazole rings is 1. The van der Waals surface area contributed by atoms with Gasteiger partial charge in [0.1, 0.15) is 5.82 Å². The summed E-state index contributed by atoms with van der Waals surface area (Å²) in [5.74, 6) is 1.67. The molecule has 4 rings (SSSR count). The molecule has 8 nitrogen and oxygen atoms in total. The molecule has 0 amide bonds. The molecule has 0 aromatic carbocycles. The lowest BCUT2D eigenvalue weighted by Gasteiger charge is -2.37. The van der Waals surface area contributed by atoms with Crippen molar-refractivity contribution < 1.29 is 0 Å². The Kier molecular flexibility index (Phi) is 2.91. The molecule has 3 aromatic heterocycles. The maximum absolute atomic E-state index is 4.76. The molecule has 0 unspecified atom stereocenters. The summed E-state index contributed by atoms with van der Waals surface area (Å²) < 4.78 is 1.93. The Hall–Kier alpha value is -2.51. The van der Waals surface area contributed by atoms with Crippen LogP contribution in [0.2, 0.25) is 0 Å². The number of nitrogens with one attached hydrogen (secondary N) is 1. The van der Waals surface area contributed by atoms with Crippen molar-refractivity contribution in [2.45, 2.75) is 46.1 Å². The molecule has 3 aromatic rings. The van der Waals surface area contributed by atoms with Crippen LogP contribution in [0.3, 0.4) is 0 Å². The third-order valence-electron chi connectivity index (χ3n) is 4.95. The van der Waals surface area contributed by atoms with E-state index in [2.05, 4.69) is 58.3 Å². The Morgan fingerprint density at radius 3 is 2.87 bits per heavy atom. The zero-order chi connectivity index (χ0) is 16.2. The molecule has 23 heavy (non-hydrogen) atoms. The molecule has 0 bridgehead atoms. The second kappa shape index (κ2) is 4.74. The Morgan fingerprint density at radius 1 is 1.35 bits per heavy atom. The summed E-state index contributed by atoms with van der Waals surface area (Å²) in [6, 6.07) is 0. The lowest BCUT2D eigenvalue weighted by Crippen LogP contribution is -2.43. The Balaban J connectivity index is 1.98. The van der Waals surface area contributed by atoms with Gasteiger partial charge in [0.05, 0.1) is 11.8 Å². The zero-order valence-electron chi connectivity index (χ0n) is 13.8. The van der Waals surface area contributed by atoms with Crippen LogP contribution in [0.25, 0.3) is 17.0 Å². The van der Waals surface area contributed by atoms with E-state index in [-0.39, 0.29) is 5.54 Å². The average Bonchev–Trinajstić information content (AvgIpc) is 3.25. The van der Waals surface area contributed by atoms with Gasteiger partial charge in [0.2, 0.25) is 5.82 Å². The summed E-state index contributed by atoms with van der Waals surface area (Å²) in [5, 5.41) is 18.8. The van der Waals surface area contributed by atoms with Gasteiger partial charge in [0.15, 0.2) is 5.65 Å². The summed E-state index contributed by atoms with van der Waals surface area (Å²) in [7, 11) is 0. The molecule has 8 heteroatoms. The van der Waals surface area contributed by atoms with Crippen molar-refractivity contribution in [3.63, 3.8) is 0 Å². The number of aromatic nitrogens is 7. The fraction of sp³-hybridized carbons (Fsp3) is 0.533. The van der Waals surface area contributed by atoms with Crippen molar-refractivity contribution in [2.75, 3.05) is 11.4 Å². The SMILES string of the molecule is CCC(C)(C)N1CCc2c(C)nc3c(-c4nn[nH]n4)cnn3c21. The highest BCUT2D eigenvalue weighted by atomic mass is 15.5. The van der Waals surface area contributed by atoms with Gasteiger partial charge in [-0.25, -0.2) is 4.98 Å². The van der Waals surface area contributed by atoms with E-state index in [9.17, 15) is 0 Å². The van der Waals surface area contributed by atoms with Gasteiger partial charge in [-0.1, -0.05) is 6.92 Å². The van der Waals surface area contributed by atoms with E-state index in [1.54, 1.807) is 6.20 Å². The number of hydrogen-bond donors (Lipinski definition) is 1. The van der Waals surface area contributed by atoms with E-state index in [0.717, 1.165) is 42.1 Å². The van der Waals surface area contributed by atoms with Crippen molar-refractivity contribution in [1.29, 1.82) is 0 Å². The lowest BCUT2D eigenvalue weighted by molar-refractivity contribution is 0.450. The van der Waals surface area contributed by atoms with E-state index < -0.39 is 0 Å². The summed E-state index contributed by atoms with van der Waals surface area (Å²) >= 11 is 0. The largest absolute Gasteiger partial charge is 0.351 e. The minimum atomic E-state index is 0.0736. The van der Waals surface area contributed by atoms with Crippen LogP contribution in [0.15, 0.2) is 6.20 Å². The molecule has 0 fully saturated rings. The number of fused-ring (bicyclic) bond motifs is 3.